The second kappa shape index (κ2) is 3.38. The second-order valence-corrected chi connectivity index (χ2v) is 4.82. The molecular formula is C14H16O. The number of hydrogen-bond acceptors (Lipinski definition) is 1. The van der Waals surface area contributed by atoms with E-state index in [0.29, 0.717) is 24.0 Å². The van der Waals surface area contributed by atoms with E-state index in [1.54, 1.807) is 0 Å². The van der Waals surface area contributed by atoms with Crippen LogP contribution in [0.1, 0.15) is 19.8 Å². The first-order valence-corrected chi connectivity index (χ1v) is 5.42. The Morgan fingerprint density at radius 3 is 3.00 bits per heavy atom. The molecular weight excluding hydrogens is 184 g/mol. The van der Waals surface area contributed by atoms with Crippen molar-refractivity contribution in [2.45, 2.75) is 19.8 Å². The van der Waals surface area contributed by atoms with Gasteiger partial charge in [-0.1, -0.05) is 25.2 Å². The topological polar surface area (TPSA) is 17.1 Å². The number of hydrogen-bond donors (Lipinski definition) is 0. The standard InChI is InChI=1S/C14H16O/c1-4-8-14(3)11-6-7-12(13(14)15)10(5-2)9-11/h1,5-7,10-12H,2,8-9H2,3H3/t10-,11+,12+,14+/m0/s1. The fraction of sp³-hybridized carbons (Fsp3) is 0.500. The third-order valence-electron chi connectivity index (χ3n) is 3.99. The van der Waals surface area contributed by atoms with Gasteiger partial charge in [-0.3, -0.25) is 4.79 Å². The molecule has 0 aromatic carbocycles. The van der Waals surface area contributed by atoms with Gasteiger partial charge in [0.25, 0.3) is 0 Å². The second-order valence-electron chi connectivity index (χ2n) is 4.82. The van der Waals surface area contributed by atoms with Gasteiger partial charge in [-0.15, -0.1) is 18.9 Å². The molecule has 0 unspecified atom stereocenters. The fourth-order valence-electron chi connectivity index (χ4n) is 2.91. The van der Waals surface area contributed by atoms with E-state index in [1.807, 2.05) is 19.1 Å². The van der Waals surface area contributed by atoms with Gasteiger partial charge in [0, 0.05) is 17.8 Å². The average molecular weight is 200 g/mol. The van der Waals surface area contributed by atoms with Crippen LogP contribution in [0.25, 0.3) is 0 Å². The summed E-state index contributed by atoms with van der Waals surface area (Å²) in [5.41, 5.74) is -0.326. The lowest BCUT2D eigenvalue weighted by molar-refractivity contribution is -0.138. The molecule has 15 heavy (non-hydrogen) atoms. The van der Waals surface area contributed by atoms with E-state index in [0.717, 1.165) is 6.42 Å². The summed E-state index contributed by atoms with van der Waals surface area (Å²) >= 11 is 0. The molecule has 0 radical (unpaired) electrons. The van der Waals surface area contributed by atoms with Crippen molar-refractivity contribution in [3.63, 3.8) is 0 Å². The number of ketones is 1. The van der Waals surface area contributed by atoms with Gasteiger partial charge < -0.3 is 0 Å². The lowest BCUT2D eigenvalue weighted by atomic mass is 9.55. The normalized spacial score (nSPS) is 42.7. The molecule has 78 valence electrons. The molecule has 0 N–H and O–H groups in total. The highest BCUT2D eigenvalue weighted by Gasteiger charge is 2.51. The van der Waals surface area contributed by atoms with Crippen LogP contribution in [0.3, 0.4) is 0 Å². The first kappa shape index (κ1) is 10.2. The summed E-state index contributed by atoms with van der Waals surface area (Å²) < 4.78 is 0. The number of terminal acetylenes is 1. The minimum Gasteiger partial charge on any atom is -0.298 e. The van der Waals surface area contributed by atoms with Crippen LogP contribution in [0.4, 0.5) is 0 Å². The predicted octanol–water partition coefficient (Wildman–Crippen LogP) is 2.59. The SMILES string of the molecule is C#CC[C@@]1(C)C(=O)[C@@H]2C=C[C@@H]1C[C@@H]2C=C. The summed E-state index contributed by atoms with van der Waals surface area (Å²) in [5, 5.41) is 0. The Morgan fingerprint density at radius 1 is 1.73 bits per heavy atom. The number of carbonyl (C=O) groups excluding carboxylic acids is 1. The van der Waals surface area contributed by atoms with Gasteiger partial charge in [0.2, 0.25) is 0 Å². The molecule has 0 spiro atoms. The average Bonchev–Trinajstić information content (AvgIpc) is 2.25. The summed E-state index contributed by atoms with van der Waals surface area (Å²) in [6.45, 7) is 5.81. The van der Waals surface area contributed by atoms with Gasteiger partial charge in [0.15, 0.2) is 0 Å². The van der Waals surface area contributed by atoms with E-state index < -0.39 is 0 Å². The van der Waals surface area contributed by atoms with E-state index in [4.69, 9.17) is 6.42 Å². The maximum atomic E-state index is 12.3. The van der Waals surface area contributed by atoms with Gasteiger partial charge >= 0.3 is 0 Å². The highest BCUT2D eigenvalue weighted by Crippen LogP contribution is 2.50. The number of fused-ring (bicyclic) bond motifs is 2. The molecule has 1 fully saturated rings. The minimum atomic E-state index is -0.326. The first-order valence-electron chi connectivity index (χ1n) is 5.42. The molecule has 1 saturated carbocycles. The largest absolute Gasteiger partial charge is 0.298 e. The summed E-state index contributed by atoms with van der Waals surface area (Å²) in [5.74, 6) is 3.59. The molecule has 3 aliphatic rings. The van der Waals surface area contributed by atoms with Crippen molar-refractivity contribution < 1.29 is 4.79 Å². The van der Waals surface area contributed by atoms with Gasteiger partial charge in [-0.25, -0.2) is 0 Å². The van der Waals surface area contributed by atoms with Crippen molar-refractivity contribution in [1.82, 2.24) is 0 Å². The van der Waals surface area contributed by atoms with Crippen LogP contribution in [0.5, 0.6) is 0 Å². The summed E-state index contributed by atoms with van der Waals surface area (Å²) in [6.07, 6.45) is 13.1. The van der Waals surface area contributed by atoms with Crippen LogP contribution < -0.4 is 0 Å². The Labute approximate surface area is 91.3 Å². The van der Waals surface area contributed by atoms with Crippen molar-refractivity contribution in [3.05, 3.63) is 24.8 Å². The van der Waals surface area contributed by atoms with Crippen molar-refractivity contribution in [2.24, 2.45) is 23.2 Å². The summed E-state index contributed by atoms with van der Waals surface area (Å²) in [6, 6.07) is 0. The van der Waals surface area contributed by atoms with E-state index in [2.05, 4.69) is 18.6 Å². The predicted molar refractivity (Wildman–Crippen MR) is 61.0 cm³/mol. The monoisotopic (exact) mass is 200 g/mol. The van der Waals surface area contributed by atoms with E-state index in [9.17, 15) is 4.79 Å². The van der Waals surface area contributed by atoms with Crippen LogP contribution in [-0.4, -0.2) is 5.78 Å². The molecule has 0 aliphatic heterocycles. The van der Waals surface area contributed by atoms with Crippen molar-refractivity contribution in [2.75, 3.05) is 0 Å². The van der Waals surface area contributed by atoms with Gasteiger partial charge in [-0.2, -0.15) is 0 Å². The lowest BCUT2D eigenvalue weighted by Crippen LogP contribution is -2.49. The molecule has 1 nitrogen and oxygen atoms in total. The third-order valence-corrected chi connectivity index (χ3v) is 3.99. The van der Waals surface area contributed by atoms with E-state index in [-0.39, 0.29) is 11.3 Å². The molecule has 4 atom stereocenters. The van der Waals surface area contributed by atoms with Crippen molar-refractivity contribution in [1.29, 1.82) is 0 Å². The molecule has 1 heteroatoms. The van der Waals surface area contributed by atoms with Gasteiger partial charge in [-0.05, 0) is 18.3 Å². The molecule has 3 rings (SSSR count). The zero-order valence-corrected chi connectivity index (χ0v) is 9.07. The number of allylic oxidation sites excluding steroid dienone is 3. The highest BCUT2D eigenvalue weighted by molar-refractivity contribution is 5.91. The molecule has 0 heterocycles. The number of Topliss-reactive ketones (excluding diaryl/α,β-unsaturated/α-hetero) is 1. The van der Waals surface area contributed by atoms with Gasteiger partial charge in [0.05, 0.1) is 0 Å². The first-order chi connectivity index (χ1) is 7.13. The third kappa shape index (κ3) is 1.28. The Bertz CT molecular complexity index is 371. The smallest absolute Gasteiger partial charge is 0.147 e. The maximum absolute atomic E-state index is 12.3. The molecule has 2 bridgehead atoms. The van der Waals surface area contributed by atoms with E-state index >= 15 is 0 Å². The zero-order valence-electron chi connectivity index (χ0n) is 9.07. The highest BCUT2D eigenvalue weighted by atomic mass is 16.1. The summed E-state index contributed by atoms with van der Waals surface area (Å²) in [7, 11) is 0. The summed E-state index contributed by atoms with van der Waals surface area (Å²) in [4.78, 5) is 12.3. The minimum absolute atomic E-state index is 0.0193. The molecule has 3 aliphatic carbocycles. The van der Waals surface area contributed by atoms with Crippen LogP contribution >= 0.6 is 0 Å². The Morgan fingerprint density at radius 2 is 2.47 bits per heavy atom. The Kier molecular flexibility index (Phi) is 2.31. The van der Waals surface area contributed by atoms with Crippen LogP contribution in [0, 0.1) is 35.5 Å². The Balaban J connectivity index is 2.37. The van der Waals surface area contributed by atoms with Gasteiger partial charge in [0.1, 0.15) is 5.78 Å². The van der Waals surface area contributed by atoms with Crippen molar-refractivity contribution in [3.8, 4) is 12.3 Å². The molecule has 0 amide bonds. The zero-order chi connectivity index (χ0) is 11.1. The fourth-order valence-corrected chi connectivity index (χ4v) is 2.91. The number of rotatable bonds is 2. The number of carbonyl (C=O) groups is 1. The molecule has 0 saturated heterocycles. The van der Waals surface area contributed by atoms with Crippen LogP contribution in [0.2, 0.25) is 0 Å². The molecule has 0 aromatic heterocycles. The van der Waals surface area contributed by atoms with Crippen molar-refractivity contribution >= 4 is 5.78 Å². The van der Waals surface area contributed by atoms with E-state index in [1.165, 1.54) is 0 Å². The lowest BCUT2D eigenvalue weighted by Gasteiger charge is -2.47. The quantitative estimate of drug-likeness (QED) is 0.494. The van der Waals surface area contributed by atoms with Crippen LogP contribution in [0.15, 0.2) is 24.8 Å². The molecule has 0 aromatic rings. The Hall–Kier alpha value is -1.29. The van der Waals surface area contributed by atoms with Crippen LogP contribution in [-0.2, 0) is 4.79 Å². The maximum Gasteiger partial charge on any atom is 0.147 e.